The van der Waals surface area contributed by atoms with E-state index in [0.29, 0.717) is 6.54 Å². The van der Waals surface area contributed by atoms with Crippen LogP contribution in [0, 0.1) is 3.57 Å². The summed E-state index contributed by atoms with van der Waals surface area (Å²) in [4.78, 5) is 11.9. The Balaban J connectivity index is 1.75. The zero-order valence-corrected chi connectivity index (χ0v) is 12.8. The highest BCUT2D eigenvalue weighted by atomic mass is 127. The molecule has 0 aromatic heterocycles. The van der Waals surface area contributed by atoms with E-state index in [4.69, 9.17) is 0 Å². The summed E-state index contributed by atoms with van der Waals surface area (Å²) in [6.07, 6.45) is 1.95. The fourth-order valence-electron chi connectivity index (χ4n) is 1.87. The van der Waals surface area contributed by atoms with Crippen LogP contribution in [0.15, 0.2) is 54.6 Å². The van der Waals surface area contributed by atoms with E-state index in [2.05, 4.69) is 40.0 Å². The molecule has 0 spiro atoms. The van der Waals surface area contributed by atoms with E-state index >= 15 is 0 Å². The first kappa shape index (κ1) is 14.1. The van der Waals surface area contributed by atoms with Crippen LogP contribution in [-0.4, -0.2) is 12.5 Å². The van der Waals surface area contributed by atoms with Gasteiger partial charge in [0.1, 0.15) is 0 Å². The summed E-state index contributed by atoms with van der Waals surface area (Å²) in [6, 6.07) is 17.9. The van der Waals surface area contributed by atoms with Gasteiger partial charge in [-0.15, -0.1) is 0 Å². The molecule has 0 atom stereocenters. The van der Waals surface area contributed by atoms with Gasteiger partial charge in [0, 0.05) is 15.7 Å². The second-order valence-corrected chi connectivity index (χ2v) is 5.60. The molecule has 0 saturated carbocycles. The zero-order valence-electron chi connectivity index (χ0n) is 10.6. The van der Waals surface area contributed by atoms with Crippen LogP contribution in [0.4, 0.5) is 0 Å². The average molecular weight is 365 g/mol. The number of halogens is 1. The lowest BCUT2D eigenvalue weighted by Gasteiger charge is -2.05. The predicted octanol–water partition coefficient (Wildman–Crippen LogP) is 3.65. The van der Waals surface area contributed by atoms with Crippen LogP contribution in [0.3, 0.4) is 0 Å². The number of benzene rings is 2. The molecule has 0 radical (unpaired) electrons. The van der Waals surface area contributed by atoms with Gasteiger partial charge in [0.25, 0.3) is 5.91 Å². The van der Waals surface area contributed by atoms with Crippen LogP contribution >= 0.6 is 22.6 Å². The molecular formula is C16H16INO. The lowest BCUT2D eigenvalue weighted by molar-refractivity contribution is 0.0953. The molecule has 2 nitrogen and oxygen atoms in total. The second kappa shape index (κ2) is 7.28. The predicted molar refractivity (Wildman–Crippen MR) is 86.3 cm³/mol. The number of rotatable bonds is 5. The van der Waals surface area contributed by atoms with Crippen molar-refractivity contribution in [2.24, 2.45) is 0 Å². The first-order chi connectivity index (χ1) is 9.25. The highest BCUT2D eigenvalue weighted by Gasteiger charge is 2.04. The summed E-state index contributed by atoms with van der Waals surface area (Å²) in [5, 5.41) is 2.95. The molecule has 3 heteroatoms. The summed E-state index contributed by atoms with van der Waals surface area (Å²) < 4.78 is 1.08. The van der Waals surface area contributed by atoms with Gasteiger partial charge < -0.3 is 5.32 Å². The van der Waals surface area contributed by atoms with Gasteiger partial charge in [0.05, 0.1) is 0 Å². The number of hydrogen-bond acceptors (Lipinski definition) is 1. The Bertz CT molecular complexity index is 539. The van der Waals surface area contributed by atoms with Crippen molar-refractivity contribution < 1.29 is 4.79 Å². The molecule has 1 amide bonds. The molecule has 0 bridgehead atoms. The first-order valence-corrected chi connectivity index (χ1v) is 7.41. The van der Waals surface area contributed by atoms with Gasteiger partial charge >= 0.3 is 0 Å². The quantitative estimate of drug-likeness (QED) is 0.636. The minimum absolute atomic E-state index is 0.00609. The highest BCUT2D eigenvalue weighted by Crippen LogP contribution is 2.07. The van der Waals surface area contributed by atoms with Crippen molar-refractivity contribution in [3.8, 4) is 0 Å². The van der Waals surface area contributed by atoms with Crippen molar-refractivity contribution in [1.29, 1.82) is 0 Å². The number of carbonyl (C=O) groups excluding carboxylic acids is 1. The second-order valence-electron chi connectivity index (χ2n) is 4.36. The fourth-order valence-corrected chi connectivity index (χ4v) is 2.41. The number of carbonyl (C=O) groups is 1. The Morgan fingerprint density at radius 1 is 1.05 bits per heavy atom. The number of amides is 1. The van der Waals surface area contributed by atoms with E-state index in [1.54, 1.807) is 0 Å². The van der Waals surface area contributed by atoms with Crippen molar-refractivity contribution >= 4 is 28.5 Å². The molecule has 0 aliphatic heterocycles. The normalized spacial score (nSPS) is 10.2. The summed E-state index contributed by atoms with van der Waals surface area (Å²) in [6.45, 7) is 0.708. The van der Waals surface area contributed by atoms with E-state index in [0.717, 1.165) is 22.0 Å². The fraction of sp³-hybridized carbons (Fsp3) is 0.188. The molecule has 0 aliphatic carbocycles. The van der Waals surface area contributed by atoms with Crippen molar-refractivity contribution in [3.63, 3.8) is 0 Å². The Labute approximate surface area is 127 Å². The molecule has 0 heterocycles. The molecule has 2 aromatic carbocycles. The standard InChI is InChI=1S/C16H16INO/c17-15-10-4-9-14(12-15)16(19)18-11-5-8-13-6-2-1-3-7-13/h1-4,6-7,9-10,12H,5,8,11H2,(H,18,19). The van der Waals surface area contributed by atoms with Gasteiger partial charge in [-0.05, 0) is 59.2 Å². The lowest BCUT2D eigenvalue weighted by Crippen LogP contribution is -2.24. The minimum Gasteiger partial charge on any atom is -0.352 e. The van der Waals surface area contributed by atoms with E-state index in [1.807, 2.05) is 42.5 Å². The largest absolute Gasteiger partial charge is 0.352 e. The first-order valence-electron chi connectivity index (χ1n) is 6.33. The third-order valence-corrected chi connectivity index (χ3v) is 3.53. The SMILES string of the molecule is O=C(NCCCc1ccccc1)c1cccc(I)c1. The maximum Gasteiger partial charge on any atom is 0.251 e. The van der Waals surface area contributed by atoms with Gasteiger partial charge in [-0.1, -0.05) is 36.4 Å². The van der Waals surface area contributed by atoms with Gasteiger partial charge in [0.15, 0.2) is 0 Å². The van der Waals surface area contributed by atoms with Crippen LogP contribution in [0.1, 0.15) is 22.3 Å². The van der Waals surface area contributed by atoms with Crippen LogP contribution in [0.25, 0.3) is 0 Å². The molecule has 1 N–H and O–H groups in total. The third kappa shape index (κ3) is 4.67. The lowest BCUT2D eigenvalue weighted by atomic mass is 10.1. The minimum atomic E-state index is 0.00609. The Morgan fingerprint density at radius 3 is 2.58 bits per heavy atom. The molecule has 0 unspecified atom stereocenters. The van der Waals surface area contributed by atoms with Crippen molar-refractivity contribution in [3.05, 3.63) is 69.3 Å². The Kier molecular flexibility index (Phi) is 5.39. The Hall–Kier alpha value is -1.36. The molecule has 0 saturated heterocycles. The molecule has 2 rings (SSSR count). The van der Waals surface area contributed by atoms with Crippen LogP contribution in [-0.2, 0) is 6.42 Å². The van der Waals surface area contributed by atoms with E-state index in [-0.39, 0.29) is 5.91 Å². The smallest absolute Gasteiger partial charge is 0.251 e. The molecule has 19 heavy (non-hydrogen) atoms. The highest BCUT2D eigenvalue weighted by molar-refractivity contribution is 14.1. The zero-order chi connectivity index (χ0) is 13.5. The number of hydrogen-bond donors (Lipinski definition) is 1. The summed E-state index contributed by atoms with van der Waals surface area (Å²) in [7, 11) is 0. The molecule has 2 aromatic rings. The average Bonchev–Trinajstić information content (AvgIpc) is 2.44. The molecule has 98 valence electrons. The maximum atomic E-state index is 11.9. The van der Waals surface area contributed by atoms with E-state index in [1.165, 1.54) is 5.56 Å². The van der Waals surface area contributed by atoms with E-state index < -0.39 is 0 Å². The topological polar surface area (TPSA) is 29.1 Å². The van der Waals surface area contributed by atoms with Crippen LogP contribution in [0.2, 0.25) is 0 Å². The molecule has 0 aliphatic rings. The van der Waals surface area contributed by atoms with Crippen molar-refractivity contribution in [1.82, 2.24) is 5.32 Å². The summed E-state index contributed by atoms with van der Waals surface area (Å²) in [5.74, 6) is 0.00609. The monoisotopic (exact) mass is 365 g/mol. The third-order valence-electron chi connectivity index (χ3n) is 2.86. The number of nitrogens with one attached hydrogen (secondary N) is 1. The van der Waals surface area contributed by atoms with Crippen molar-refractivity contribution in [2.45, 2.75) is 12.8 Å². The summed E-state index contributed by atoms with van der Waals surface area (Å²) >= 11 is 2.21. The summed E-state index contributed by atoms with van der Waals surface area (Å²) in [5.41, 5.74) is 2.04. The molecule has 0 fully saturated rings. The van der Waals surface area contributed by atoms with Gasteiger partial charge in [-0.25, -0.2) is 0 Å². The van der Waals surface area contributed by atoms with Crippen LogP contribution in [0.5, 0.6) is 0 Å². The Morgan fingerprint density at radius 2 is 1.84 bits per heavy atom. The van der Waals surface area contributed by atoms with Gasteiger partial charge in [-0.2, -0.15) is 0 Å². The van der Waals surface area contributed by atoms with Crippen LogP contribution < -0.4 is 5.32 Å². The van der Waals surface area contributed by atoms with Gasteiger partial charge in [0.2, 0.25) is 0 Å². The number of aryl methyl sites for hydroxylation is 1. The van der Waals surface area contributed by atoms with Crippen molar-refractivity contribution in [2.75, 3.05) is 6.54 Å². The van der Waals surface area contributed by atoms with E-state index in [9.17, 15) is 4.79 Å². The van der Waals surface area contributed by atoms with Gasteiger partial charge in [-0.3, -0.25) is 4.79 Å². The maximum absolute atomic E-state index is 11.9. The molecular weight excluding hydrogens is 349 g/mol.